The molecule has 0 aliphatic carbocycles. The molecule has 1 atom stereocenters. The van der Waals surface area contributed by atoms with Crippen molar-refractivity contribution in [2.45, 2.75) is 59.4 Å². The third-order valence-corrected chi connectivity index (χ3v) is 5.45. The second kappa shape index (κ2) is 7.31. The van der Waals surface area contributed by atoms with Gasteiger partial charge in [0.2, 0.25) is 0 Å². The minimum absolute atomic E-state index is 0.476. The highest BCUT2D eigenvalue weighted by Crippen LogP contribution is 2.41. The average molecular weight is 288 g/mol. The lowest BCUT2D eigenvalue weighted by atomic mass is 9.82. The molecule has 0 radical (unpaired) electrons. The van der Waals surface area contributed by atoms with Crippen LogP contribution in [0, 0.1) is 5.41 Å². The van der Waals surface area contributed by atoms with Crippen LogP contribution in [0.25, 0.3) is 0 Å². The van der Waals surface area contributed by atoms with E-state index in [-0.39, 0.29) is 0 Å². The summed E-state index contributed by atoms with van der Waals surface area (Å²) >= 11 is 0. The zero-order chi connectivity index (χ0) is 15.3. The largest absolute Gasteiger partial charge is 0.371 e. The summed E-state index contributed by atoms with van der Waals surface area (Å²) in [6.07, 6.45) is 5.08. The van der Waals surface area contributed by atoms with E-state index in [1.54, 1.807) is 0 Å². The predicted octanol–water partition coefficient (Wildman–Crippen LogP) is 4.76. The molecule has 0 aromatic heterocycles. The first-order chi connectivity index (χ1) is 10.2. The van der Waals surface area contributed by atoms with Crippen molar-refractivity contribution in [1.29, 1.82) is 0 Å². The smallest absolute Gasteiger partial charge is 0.0414 e. The molecule has 1 aromatic carbocycles. The molecule has 0 amide bonds. The Balaban J connectivity index is 2.25. The predicted molar refractivity (Wildman–Crippen MR) is 93.0 cm³/mol. The monoisotopic (exact) mass is 288 g/mol. The van der Waals surface area contributed by atoms with E-state index in [1.165, 1.54) is 43.6 Å². The number of rotatable bonds is 7. The molecule has 1 fully saturated rings. The lowest BCUT2D eigenvalue weighted by Gasteiger charge is -2.30. The number of para-hydroxylation sites is 1. The molecule has 1 aliphatic rings. The van der Waals surface area contributed by atoms with Gasteiger partial charge in [-0.15, -0.1) is 0 Å². The molecular weight excluding hydrogens is 256 g/mol. The molecule has 2 rings (SSSR count). The van der Waals surface area contributed by atoms with Gasteiger partial charge in [0, 0.05) is 24.8 Å². The van der Waals surface area contributed by atoms with Crippen molar-refractivity contribution < 1.29 is 0 Å². The molecule has 0 saturated carbocycles. The Bertz CT molecular complexity index is 437. The van der Waals surface area contributed by atoms with Gasteiger partial charge < -0.3 is 10.2 Å². The molecule has 118 valence electrons. The van der Waals surface area contributed by atoms with E-state index in [2.05, 4.69) is 62.2 Å². The van der Waals surface area contributed by atoms with Crippen molar-refractivity contribution >= 4 is 5.69 Å². The Morgan fingerprint density at radius 3 is 2.43 bits per heavy atom. The summed E-state index contributed by atoms with van der Waals surface area (Å²) in [5, 5.41) is 3.63. The summed E-state index contributed by atoms with van der Waals surface area (Å²) in [7, 11) is 0. The van der Waals surface area contributed by atoms with Crippen LogP contribution in [0.15, 0.2) is 24.3 Å². The molecule has 21 heavy (non-hydrogen) atoms. The van der Waals surface area contributed by atoms with Gasteiger partial charge in [-0.3, -0.25) is 0 Å². The van der Waals surface area contributed by atoms with E-state index in [0.29, 0.717) is 11.5 Å². The Labute approximate surface area is 130 Å². The Hall–Kier alpha value is -1.02. The summed E-state index contributed by atoms with van der Waals surface area (Å²) in [4.78, 5) is 2.63. The molecular formula is C19H32N2. The molecule has 2 heteroatoms. The summed E-state index contributed by atoms with van der Waals surface area (Å²) in [5.74, 6) is 0. The maximum atomic E-state index is 3.63. The zero-order valence-corrected chi connectivity index (χ0v) is 14.3. The zero-order valence-electron chi connectivity index (χ0n) is 14.3. The van der Waals surface area contributed by atoms with Gasteiger partial charge in [0.1, 0.15) is 0 Å². The molecule has 0 spiro atoms. The highest BCUT2D eigenvalue weighted by atomic mass is 15.2. The highest BCUT2D eigenvalue weighted by Gasteiger charge is 2.35. The lowest BCUT2D eigenvalue weighted by Crippen LogP contribution is -2.28. The van der Waals surface area contributed by atoms with Gasteiger partial charge in [-0.05, 0) is 49.3 Å². The van der Waals surface area contributed by atoms with E-state index in [9.17, 15) is 0 Å². The van der Waals surface area contributed by atoms with Gasteiger partial charge >= 0.3 is 0 Å². The molecule has 1 N–H and O–H groups in total. The van der Waals surface area contributed by atoms with Gasteiger partial charge in [0.05, 0.1) is 0 Å². The van der Waals surface area contributed by atoms with Crippen molar-refractivity contribution in [3.63, 3.8) is 0 Å². The summed E-state index contributed by atoms with van der Waals surface area (Å²) in [5.41, 5.74) is 3.46. The Morgan fingerprint density at radius 2 is 1.86 bits per heavy atom. The van der Waals surface area contributed by atoms with Gasteiger partial charge in [0.15, 0.2) is 0 Å². The Morgan fingerprint density at radius 1 is 1.14 bits per heavy atom. The summed E-state index contributed by atoms with van der Waals surface area (Å²) in [6.45, 7) is 12.6. The summed E-state index contributed by atoms with van der Waals surface area (Å²) in [6, 6.07) is 9.47. The normalized spacial score (nSPS) is 19.0. The number of hydrogen-bond acceptors (Lipinski definition) is 2. The fourth-order valence-electron chi connectivity index (χ4n) is 3.76. The topological polar surface area (TPSA) is 15.3 Å². The fourth-order valence-corrected chi connectivity index (χ4v) is 3.76. The number of nitrogens with one attached hydrogen (secondary N) is 1. The van der Waals surface area contributed by atoms with E-state index < -0.39 is 0 Å². The van der Waals surface area contributed by atoms with Crippen LogP contribution in [-0.4, -0.2) is 19.6 Å². The van der Waals surface area contributed by atoms with Crippen LogP contribution in [0.2, 0.25) is 0 Å². The Kier molecular flexibility index (Phi) is 5.69. The quantitative estimate of drug-likeness (QED) is 0.778. The van der Waals surface area contributed by atoms with Crippen LogP contribution in [-0.2, 0) is 0 Å². The van der Waals surface area contributed by atoms with Crippen LogP contribution in [0.5, 0.6) is 0 Å². The third kappa shape index (κ3) is 3.42. The van der Waals surface area contributed by atoms with Crippen molar-refractivity contribution in [1.82, 2.24) is 5.32 Å². The fraction of sp³-hybridized carbons (Fsp3) is 0.684. The van der Waals surface area contributed by atoms with Crippen LogP contribution in [0.1, 0.15) is 65.0 Å². The van der Waals surface area contributed by atoms with Gasteiger partial charge in [-0.25, -0.2) is 0 Å². The van der Waals surface area contributed by atoms with Gasteiger partial charge in [0.25, 0.3) is 0 Å². The number of benzene rings is 1. The average Bonchev–Trinajstić information content (AvgIpc) is 2.98. The number of nitrogens with zero attached hydrogens (tertiary/aromatic N) is 1. The molecule has 1 unspecified atom stereocenters. The van der Waals surface area contributed by atoms with Crippen LogP contribution in [0.4, 0.5) is 5.69 Å². The standard InChI is InChI=1S/C19H32N2/c1-5-17(20-8-4)16-11-9-10-12-18(16)21-14-13-19(6-2,7-3)15-21/h9-12,17,20H,5-8,13-15H2,1-4H3. The van der Waals surface area contributed by atoms with E-state index >= 15 is 0 Å². The number of hydrogen-bond donors (Lipinski definition) is 1. The maximum absolute atomic E-state index is 3.63. The third-order valence-electron chi connectivity index (χ3n) is 5.45. The molecule has 1 saturated heterocycles. The van der Waals surface area contributed by atoms with E-state index in [4.69, 9.17) is 0 Å². The van der Waals surface area contributed by atoms with Crippen LogP contribution < -0.4 is 10.2 Å². The van der Waals surface area contributed by atoms with Crippen LogP contribution in [0.3, 0.4) is 0 Å². The van der Waals surface area contributed by atoms with E-state index in [1.807, 2.05) is 0 Å². The van der Waals surface area contributed by atoms with Crippen molar-refractivity contribution in [3.8, 4) is 0 Å². The molecule has 0 bridgehead atoms. The van der Waals surface area contributed by atoms with Crippen molar-refractivity contribution in [2.75, 3.05) is 24.5 Å². The maximum Gasteiger partial charge on any atom is 0.0414 e. The van der Waals surface area contributed by atoms with Gasteiger partial charge in [-0.2, -0.15) is 0 Å². The highest BCUT2D eigenvalue weighted by molar-refractivity contribution is 5.56. The molecule has 1 aromatic rings. The minimum Gasteiger partial charge on any atom is -0.371 e. The van der Waals surface area contributed by atoms with E-state index in [0.717, 1.165) is 13.0 Å². The lowest BCUT2D eigenvalue weighted by molar-refractivity contribution is 0.301. The second-order valence-electron chi connectivity index (χ2n) is 6.46. The first kappa shape index (κ1) is 16.4. The van der Waals surface area contributed by atoms with Crippen molar-refractivity contribution in [3.05, 3.63) is 29.8 Å². The van der Waals surface area contributed by atoms with Crippen LogP contribution >= 0.6 is 0 Å². The minimum atomic E-state index is 0.476. The first-order valence-electron chi connectivity index (χ1n) is 8.77. The summed E-state index contributed by atoms with van der Waals surface area (Å²) < 4.78 is 0. The SMILES string of the molecule is CCNC(CC)c1ccccc1N1CCC(CC)(CC)C1. The second-order valence-corrected chi connectivity index (χ2v) is 6.46. The molecule has 2 nitrogen and oxygen atoms in total. The first-order valence-corrected chi connectivity index (χ1v) is 8.77. The van der Waals surface area contributed by atoms with Crippen molar-refractivity contribution in [2.24, 2.45) is 5.41 Å². The van der Waals surface area contributed by atoms with Gasteiger partial charge in [-0.1, -0.05) is 45.9 Å². The number of anilines is 1. The molecule has 1 heterocycles. The molecule has 1 aliphatic heterocycles.